The molecule has 0 saturated heterocycles. The van der Waals surface area contributed by atoms with Gasteiger partial charge in [0.1, 0.15) is 0 Å². The van der Waals surface area contributed by atoms with Crippen molar-refractivity contribution < 1.29 is 4.39 Å². The van der Waals surface area contributed by atoms with Crippen molar-refractivity contribution >= 4 is 39.1 Å². The molecule has 0 atom stereocenters. The van der Waals surface area contributed by atoms with Crippen molar-refractivity contribution in [3.63, 3.8) is 0 Å². The SMILES string of the molecule is CCCNCc1ccc(Cl)cc1-c1ccc(Br)c(Cl)c1F. The summed E-state index contributed by atoms with van der Waals surface area (Å²) in [5.41, 5.74) is 2.21. The van der Waals surface area contributed by atoms with E-state index in [9.17, 15) is 4.39 Å². The van der Waals surface area contributed by atoms with Crippen LogP contribution in [-0.4, -0.2) is 6.54 Å². The number of halogens is 4. The van der Waals surface area contributed by atoms with Crippen LogP contribution < -0.4 is 5.32 Å². The maximum atomic E-state index is 14.4. The van der Waals surface area contributed by atoms with Gasteiger partial charge in [0, 0.05) is 21.6 Å². The third-order valence-corrected chi connectivity index (χ3v) is 4.63. The molecule has 2 rings (SSSR count). The van der Waals surface area contributed by atoms with E-state index in [2.05, 4.69) is 28.2 Å². The Morgan fingerprint density at radius 3 is 2.62 bits per heavy atom. The summed E-state index contributed by atoms with van der Waals surface area (Å²) in [6, 6.07) is 8.94. The van der Waals surface area contributed by atoms with Crippen molar-refractivity contribution in [2.24, 2.45) is 0 Å². The highest BCUT2D eigenvalue weighted by molar-refractivity contribution is 9.10. The number of rotatable bonds is 5. The number of benzene rings is 2. The van der Waals surface area contributed by atoms with Crippen LogP contribution in [-0.2, 0) is 6.54 Å². The van der Waals surface area contributed by atoms with E-state index in [0.29, 0.717) is 21.6 Å². The molecule has 0 heterocycles. The zero-order valence-corrected chi connectivity index (χ0v) is 14.6. The molecule has 0 bridgehead atoms. The van der Waals surface area contributed by atoms with Gasteiger partial charge >= 0.3 is 0 Å². The Kier molecular flexibility index (Phi) is 6.06. The fourth-order valence-corrected chi connectivity index (χ4v) is 2.73. The molecule has 0 unspecified atom stereocenters. The molecule has 0 aliphatic heterocycles. The minimum absolute atomic E-state index is 0.0833. The van der Waals surface area contributed by atoms with Crippen molar-refractivity contribution in [2.75, 3.05) is 6.54 Å². The highest BCUT2D eigenvalue weighted by atomic mass is 79.9. The number of hydrogen-bond acceptors (Lipinski definition) is 1. The maximum Gasteiger partial charge on any atom is 0.150 e. The van der Waals surface area contributed by atoms with Crippen LogP contribution in [0.15, 0.2) is 34.8 Å². The molecule has 112 valence electrons. The van der Waals surface area contributed by atoms with E-state index in [-0.39, 0.29) is 5.02 Å². The molecule has 2 aromatic carbocycles. The lowest BCUT2D eigenvalue weighted by Crippen LogP contribution is -2.14. The summed E-state index contributed by atoms with van der Waals surface area (Å²) in [6.45, 7) is 3.67. The van der Waals surface area contributed by atoms with E-state index >= 15 is 0 Å². The summed E-state index contributed by atoms with van der Waals surface area (Å²) in [4.78, 5) is 0. The third kappa shape index (κ3) is 3.98. The van der Waals surface area contributed by atoms with Crippen LogP contribution in [0.5, 0.6) is 0 Å². The van der Waals surface area contributed by atoms with Crippen LogP contribution in [0.1, 0.15) is 18.9 Å². The maximum absolute atomic E-state index is 14.4. The van der Waals surface area contributed by atoms with Gasteiger partial charge in [-0.15, -0.1) is 0 Å². The first kappa shape index (κ1) is 16.8. The van der Waals surface area contributed by atoms with Gasteiger partial charge in [-0.2, -0.15) is 0 Å². The molecule has 5 heteroatoms. The molecule has 0 aliphatic rings. The van der Waals surface area contributed by atoms with Gasteiger partial charge in [-0.05, 0) is 58.2 Å². The van der Waals surface area contributed by atoms with Gasteiger partial charge < -0.3 is 5.32 Å². The number of nitrogens with one attached hydrogen (secondary N) is 1. The minimum atomic E-state index is -0.440. The Hall–Kier alpha value is -0.610. The number of hydrogen-bond donors (Lipinski definition) is 1. The van der Waals surface area contributed by atoms with Gasteiger partial charge in [0.15, 0.2) is 5.82 Å². The zero-order valence-electron chi connectivity index (χ0n) is 11.5. The summed E-state index contributed by atoms with van der Waals surface area (Å²) < 4.78 is 15.0. The Morgan fingerprint density at radius 2 is 1.90 bits per heavy atom. The molecule has 0 saturated carbocycles. The summed E-state index contributed by atoms with van der Waals surface area (Å²) in [5.74, 6) is -0.440. The lowest BCUT2D eigenvalue weighted by atomic mass is 9.99. The second-order valence-corrected chi connectivity index (χ2v) is 6.37. The summed E-state index contributed by atoms with van der Waals surface area (Å²) in [5, 5.41) is 3.97. The first-order valence-electron chi connectivity index (χ1n) is 6.67. The van der Waals surface area contributed by atoms with Gasteiger partial charge in [0.2, 0.25) is 0 Å². The van der Waals surface area contributed by atoms with Crippen molar-refractivity contribution in [2.45, 2.75) is 19.9 Å². The van der Waals surface area contributed by atoms with Crippen LogP contribution in [0.3, 0.4) is 0 Å². The minimum Gasteiger partial charge on any atom is -0.313 e. The molecule has 0 radical (unpaired) electrons. The largest absolute Gasteiger partial charge is 0.313 e. The smallest absolute Gasteiger partial charge is 0.150 e. The molecular formula is C16H15BrCl2FN. The van der Waals surface area contributed by atoms with Gasteiger partial charge in [-0.1, -0.05) is 42.3 Å². The Bertz CT molecular complexity index is 646. The van der Waals surface area contributed by atoms with Gasteiger partial charge in [-0.3, -0.25) is 0 Å². The second-order valence-electron chi connectivity index (χ2n) is 4.70. The quantitative estimate of drug-likeness (QED) is 0.483. The van der Waals surface area contributed by atoms with Crippen LogP contribution in [0, 0.1) is 5.82 Å². The average molecular weight is 391 g/mol. The van der Waals surface area contributed by atoms with E-state index < -0.39 is 5.82 Å². The fourth-order valence-electron chi connectivity index (χ4n) is 2.09. The molecule has 0 fully saturated rings. The molecular weight excluding hydrogens is 376 g/mol. The van der Waals surface area contributed by atoms with Crippen LogP contribution in [0.25, 0.3) is 11.1 Å². The monoisotopic (exact) mass is 389 g/mol. The average Bonchev–Trinajstić information content (AvgIpc) is 2.47. The van der Waals surface area contributed by atoms with Gasteiger partial charge in [-0.25, -0.2) is 4.39 Å². The third-order valence-electron chi connectivity index (χ3n) is 3.14. The van der Waals surface area contributed by atoms with Crippen molar-refractivity contribution in [1.82, 2.24) is 5.32 Å². The highest BCUT2D eigenvalue weighted by Crippen LogP contribution is 2.35. The molecule has 0 aliphatic carbocycles. The van der Waals surface area contributed by atoms with Crippen molar-refractivity contribution in [3.05, 3.63) is 56.2 Å². The lowest BCUT2D eigenvalue weighted by molar-refractivity contribution is 0.630. The van der Waals surface area contributed by atoms with Crippen molar-refractivity contribution in [1.29, 1.82) is 0 Å². The highest BCUT2D eigenvalue weighted by Gasteiger charge is 2.15. The van der Waals surface area contributed by atoms with E-state index in [1.54, 1.807) is 18.2 Å². The molecule has 0 amide bonds. The lowest BCUT2D eigenvalue weighted by Gasteiger charge is -2.13. The Morgan fingerprint density at radius 1 is 1.14 bits per heavy atom. The normalized spacial score (nSPS) is 10.9. The summed E-state index contributed by atoms with van der Waals surface area (Å²) in [7, 11) is 0. The predicted molar refractivity (Wildman–Crippen MR) is 91.6 cm³/mol. The molecule has 0 aromatic heterocycles. The van der Waals surface area contributed by atoms with Gasteiger partial charge in [0.05, 0.1) is 5.02 Å². The summed E-state index contributed by atoms with van der Waals surface area (Å²) in [6.07, 6.45) is 1.04. The second kappa shape index (κ2) is 7.59. The van der Waals surface area contributed by atoms with Gasteiger partial charge in [0.25, 0.3) is 0 Å². The van der Waals surface area contributed by atoms with E-state index in [4.69, 9.17) is 23.2 Å². The van der Waals surface area contributed by atoms with Crippen LogP contribution >= 0.6 is 39.1 Å². The summed E-state index contributed by atoms with van der Waals surface area (Å²) >= 11 is 15.3. The molecule has 1 nitrogen and oxygen atoms in total. The Labute approximate surface area is 142 Å². The first-order valence-corrected chi connectivity index (χ1v) is 8.22. The standard InChI is InChI=1S/C16H15BrCl2FN/c1-2-7-21-9-10-3-4-11(18)8-13(10)12-5-6-14(17)15(19)16(12)20/h3-6,8,21H,2,7,9H2,1H3. The Balaban J connectivity index is 2.47. The predicted octanol–water partition coefficient (Wildman–Crippen LogP) is 6.06. The van der Waals surface area contributed by atoms with E-state index in [1.807, 2.05) is 12.1 Å². The molecule has 0 spiro atoms. The van der Waals surface area contributed by atoms with Crippen molar-refractivity contribution in [3.8, 4) is 11.1 Å². The van der Waals surface area contributed by atoms with Crippen LogP contribution in [0.4, 0.5) is 4.39 Å². The fraction of sp³-hybridized carbons (Fsp3) is 0.250. The van der Waals surface area contributed by atoms with E-state index in [0.717, 1.165) is 24.1 Å². The zero-order chi connectivity index (χ0) is 15.4. The molecule has 2 aromatic rings. The molecule has 1 N–H and O–H groups in total. The topological polar surface area (TPSA) is 12.0 Å². The first-order chi connectivity index (χ1) is 10.0. The van der Waals surface area contributed by atoms with Crippen LogP contribution in [0.2, 0.25) is 10.0 Å². The van der Waals surface area contributed by atoms with E-state index in [1.165, 1.54) is 0 Å². The molecule has 21 heavy (non-hydrogen) atoms.